The Hall–Kier alpha value is -1.52. The molecule has 5 heteroatoms. The molecule has 0 aromatic rings. The van der Waals surface area contributed by atoms with Gasteiger partial charge in [-0.05, 0) is 6.08 Å². The molecule has 1 heterocycles. The molecule has 0 aromatic carbocycles. The van der Waals surface area contributed by atoms with Gasteiger partial charge in [-0.1, -0.05) is 0 Å². The van der Waals surface area contributed by atoms with Crippen LogP contribution in [0.1, 0.15) is 0 Å². The van der Waals surface area contributed by atoms with Crippen molar-refractivity contribution in [2.75, 3.05) is 6.54 Å². The molecule has 1 rings (SSSR count). The molecule has 0 fully saturated rings. The van der Waals surface area contributed by atoms with Crippen LogP contribution in [0, 0.1) is 0 Å². The average Bonchev–Trinajstić information content (AvgIpc) is 1.88. The molecule has 54 valence electrons. The fourth-order valence-electron chi connectivity index (χ4n) is 0.614. The Kier molecular flexibility index (Phi) is 1.57. The predicted molar refractivity (Wildman–Crippen MR) is 32.4 cm³/mol. The first kappa shape index (κ1) is 6.60. The summed E-state index contributed by atoms with van der Waals surface area (Å²) in [6, 6.07) is -0.602. The van der Waals surface area contributed by atoms with Gasteiger partial charge in [-0.25, -0.2) is 14.5 Å². The molecule has 1 aliphatic rings. The van der Waals surface area contributed by atoms with E-state index < -0.39 is 12.1 Å². The summed E-state index contributed by atoms with van der Waals surface area (Å²) in [6.07, 6.45) is 1.74. The van der Waals surface area contributed by atoms with Crippen molar-refractivity contribution >= 4 is 12.1 Å². The van der Waals surface area contributed by atoms with Gasteiger partial charge in [-0.2, -0.15) is 0 Å². The van der Waals surface area contributed by atoms with Gasteiger partial charge in [0, 0.05) is 6.20 Å². The third-order valence-electron chi connectivity index (χ3n) is 1.09. The Morgan fingerprint density at radius 1 is 1.80 bits per heavy atom. The standard InChI is InChI=1S/C5H6N2O3/c8-4-6-2-1-3-7(4)5(9)10/h1-2H,3H2,(H,6,8)(H,9,10). The van der Waals surface area contributed by atoms with Gasteiger partial charge in [-0.3, -0.25) is 0 Å². The molecule has 0 saturated carbocycles. The Balaban J connectivity index is 2.68. The quantitative estimate of drug-likeness (QED) is 0.507. The lowest BCUT2D eigenvalue weighted by Gasteiger charge is -2.17. The number of imide groups is 1. The number of carboxylic acid groups (broad SMARTS) is 1. The fraction of sp³-hybridized carbons (Fsp3) is 0.200. The van der Waals surface area contributed by atoms with Gasteiger partial charge < -0.3 is 10.4 Å². The van der Waals surface area contributed by atoms with E-state index in [0.29, 0.717) is 4.90 Å². The third kappa shape index (κ3) is 1.07. The topological polar surface area (TPSA) is 69.6 Å². The van der Waals surface area contributed by atoms with Crippen LogP contribution in [0.25, 0.3) is 0 Å². The zero-order valence-corrected chi connectivity index (χ0v) is 5.07. The highest BCUT2D eigenvalue weighted by atomic mass is 16.4. The van der Waals surface area contributed by atoms with Crippen molar-refractivity contribution in [2.45, 2.75) is 0 Å². The molecule has 0 aliphatic carbocycles. The third-order valence-corrected chi connectivity index (χ3v) is 1.09. The van der Waals surface area contributed by atoms with Crippen LogP contribution in [0.5, 0.6) is 0 Å². The van der Waals surface area contributed by atoms with Crippen molar-refractivity contribution < 1.29 is 14.7 Å². The van der Waals surface area contributed by atoms with E-state index in [0.717, 1.165) is 0 Å². The van der Waals surface area contributed by atoms with Gasteiger partial charge >= 0.3 is 12.1 Å². The SMILES string of the molecule is O=C(O)N1CC=CNC1=O. The number of urea groups is 1. The van der Waals surface area contributed by atoms with Crippen LogP contribution >= 0.6 is 0 Å². The second-order valence-corrected chi connectivity index (χ2v) is 1.75. The van der Waals surface area contributed by atoms with Crippen LogP contribution in [0.4, 0.5) is 9.59 Å². The molecule has 0 unspecified atom stereocenters. The van der Waals surface area contributed by atoms with Gasteiger partial charge in [0.25, 0.3) is 0 Å². The lowest BCUT2D eigenvalue weighted by atomic mass is 10.5. The van der Waals surface area contributed by atoms with Crippen LogP contribution < -0.4 is 5.32 Å². The molecular formula is C5H6N2O3. The lowest BCUT2D eigenvalue weighted by Crippen LogP contribution is -2.43. The van der Waals surface area contributed by atoms with E-state index in [1.807, 2.05) is 0 Å². The highest BCUT2D eigenvalue weighted by Crippen LogP contribution is 1.95. The minimum absolute atomic E-state index is 0.126. The fourth-order valence-corrected chi connectivity index (χ4v) is 0.614. The largest absolute Gasteiger partial charge is 0.465 e. The van der Waals surface area contributed by atoms with Crippen LogP contribution in [-0.4, -0.2) is 28.7 Å². The molecule has 0 bridgehead atoms. The normalized spacial score (nSPS) is 16.8. The second-order valence-electron chi connectivity index (χ2n) is 1.75. The summed E-state index contributed by atoms with van der Waals surface area (Å²) in [4.78, 5) is 21.5. The van der Waals surface area contributed by atoms with Gasteiger partial charge in [0.1, 0.15) is 0 Å². The maximum atomic E-state index is 10.6. The summed E-state index contributed by atoms with van der Waals surface area (Å²) in [5, 5.41) is 10.6. The number of carbonyl (C=O) groups is 2. The Labute approximate surface area is 56.9 Å². The monoisotopic (exact) mass is 142 g/mol. The Bertz CT molecular complexity index is 199. The molecular weight excluding hydrogens is 136 g/mol. The highest BCUT2D eigenvalue weighted by Gasteiger charge is 2.19. The number of hydrogen-bond acceptors (Lipinski definition) is 2. The Morgan fingerprint density at radius 2 is 2.50 bits per heavy atom. The first-order chi connectivity index (χ1) is 4.72. The van der Waals surface area contributed by atoms with Gasteiger partial charge in [0.15, 0.2) is 0 Å². The molecule has 0 atom stereocenters. The van der Waals surface area contributed by atoms with E-state index >= 15 is 0 Å². The summed E-state index contributed by atoms with van der Waals surface area (Å²) in [5.74, 6) is 0. The molecule has 2 N–H and O–H groups in total. The number of hydrogen-bond donors (Lipinski definition) is 2. The van der Waals surface area contributed by atoms with E-state index in [1.54, 1.807) is 6.08 Å². The molecule has 10 heavy (non-hydrogen) atoms. The van der Waals surface area contributed by atoms with Crippen molar-refractivity contribution in [3.05, 3.63) is 12.3 Å². The lowest BCUT2D eigenvalue weighted by molar-refractivity contribution is 0.152. The number of nitrogens with zero attached hydrogens (tertiary/aromatic N) is 1. The highest BCUT2D eigenvalue weighted by molar-refractivity contribution is 5.91. The molecule has 3 amide bonds. The minimum atomic E-state index is -1.23. The summed E-state index contributed by atoms with van der Waals surface area (Å²) in [6.45, 7) is 0.126. The van der Waals surface area contributed by atoms with Crippen molar-refractivity contribution in [3.63, 3.8) is 0 Å². The van der Waals surface area contributed by atoms with Crippen LogP contribution in [0.15, 0.2) is 12.3 Å². The van der Waals surface area contributed by atoms with Gasteiger partial charge in [0.05, 0.1) is 6.54 Å². The molecule has 0 radical (unpaired) electrons. The zero-order valence-electron chi connectivity index (χ0n) is 5.07. The first-order valence-electron chi connectivity index (χ1n) is 2.68. The van der Waals surface area contributed by atoms with Gasteiger partial charge in [0.2, 0.25) is 0 Å². The molecule has 0 spiro atoms. The zero-order chi connectivity index (χ0) is 7.56. The minimum Gasteiger partial charge on any atom is -0.465 e. The predicted octanol–water partition coefficient (Wildman–Crippen LogP) is 0.203. The van der Waals surface area contributed by atoms with Crippen molar-refractivity contribution in [2.24, 2.45) is 0 Å². The van der Waals surface area contributed by atoms with E-state index in [-0.39, 0.29) is 6.54 Å². The van der Waals surface area contributed by atoms with Crippen LogP contribution in [0.2, 0.25) is 0 Å². The molecule has 0 aromatic heterocycles. The van der Waals surface area contributed by atoms with Crippen molar-refractivity contribution in [1.29, 1.82) is 0 Å². The number of amides is 3. The van der Waals surface area contributed by atoms with E-state index in [4.69, 9.17) is 5.11 Å². The number of carbonyl (C=O) groups excluding carboxylic acids is 1. The summed E-state index contributed by atoms with van der Waals surface area (Å²) < 4.78 is 0. The maximum Gasteiger partial charge on any atom is 0.415 e. The van der Waals surface area contributed by atoms with Crippen LogP contribution in [-0.2, 0) is 0 Å². The second kappa shape index (κ2) is 2.38. The molecule has 0 saturated heterocycles. The smallest absolute Gasteiger partial charge is 0.415 e. The Morgan fingerprint density at radius 3 is 2.90 bits per heavy atom. The van der Waals surface area contributed by atoms with Crippen LogP contribution in [0.3, 0.4) is 0 Å². The summed E-state index contributed by atoms with van der Waals surface area (Å²) >= 11 is 0. The summed E-state index contributed by atoms with van der Waals surface area (Å²) in [5.41, 5.74) is 0. The molecule has 5 nitrogen and oxygen atoms in total. The van der Waals surface area contributed by atoms with Crippen molar-refractivity contribution in [1.82, 2.24) is 10.2 Å². The molecule has 1 aliphatic heterocycles. The number of nitrogens with one attached hydrogen (secondary N) is 1. The number of rotatable bonds is 0. The van der Waals surface area contributed by atoms with E-state index in [1.165, 1.54) is 6.20 Å². The van der Waals surface area contributed by atoms with Crippen molar-refractivity contribution in [3.8, 4) is 0 Å². The maximum absolute atomic E-state index is 10.6. The van der Waals surface area contributed by atoms with E-state index in [2.05, 4.69) is 5.32 Å². The first-order valence-corrected chi connectivity index (χ1v) is 2.68. The van der Waals surface area contributed by atoms with Gasteiger partial charge in [-0.15, -0.1) is 0 Å². The summed E-state index contributed by atoms with van der Waals surface area (Å²) in [7, 11) is 0. The average molecular weight is 142 g/mol. The van der Waals surface area contributed by atoms with E-state index in [9.17, 15) is 9.59 Å².